The van der Waals surface area contributed by atoms with Crippen LogP contribution in [0, 0.1) is 0 Å². The normalized spacial score (nSPS) is 10.3. The van der Waals surface area contributed by atoms with Crippen molar-refractivity contribution < 1.29 is 4.74 Å². The van der Waals surface area contributed by atoms with Crippen molar-refractivity contribution in [2.45, 2.75) is 18.5 Å². The van der Waals surface area contributed by atoms with Gasteiger partial charge in [0.15, 0.2) is 5.16 Å². The van der Waals surface area contributed by atoms with E-state index in [1.165, 1.54) is 5.56 Å². The van der Waals surface area contributed by atoms with Crippen molar-refractivity contribution in [2.75, 3.05) is 25.2 Å². The van der Waals surface area contributed by atoms with Crippen molar-refractivity contribution in [3.8, 4) is 5.75 Å². The van der Waals surface area contributed by atoms with Crippen molar-refractivity contribution in [1.29, 1.82) is 0 Å². The summed E-state index contributed by atoms with van der Waals surface area (Å²) < 4.78 is 5.45. The van der Waals surface area contributed by atoms with Crippen LogP contribution in [0.5, 0.6) is 5.75 Å². The summed E-state index contributed by atoms with van der Waals surface area (Å²) in [5, 5.41) is 3.92. The van der Waals surface area contributed by atoms with Crippen LogP contribution in [0.3, 0.4) is 0 Å². The predicted octanol–water partition coefficient (Wildman–Crippen LogP) is 3.23. The minimum absolute atomic E-state index is 0.688. The molecular weight excluding hydrogens is 270 g/mol. The van der Waals surface area contributed by atoms with Crippen LogP contribution in [-0.4, -0.2) is 29.9 Å². The second-order valence-corrected chi connectivity index (χ2v) is 5.01. The summed E-state index contributed by atoms with van der Waals surface area (Å²) >= 11 is 1.54. The third-order valence-corrected chi connectivity index (χ3v) is 3.45. The highest BCUT2D eigenvalue weighted by molar-refractivity contribution is 7.98. The number of rotatable bonds is 6. The second-order valence-electron chi connectivity index (χ2n) is 4.23. The molecule has 0 saturated heterocycles. The Morgan fingerprint density at radius 1 is 1.25 bits per heavy atom. The van der Waals surface area contributed by atoms with Crippen molar-refractivity contribution in [1.82, 2.24) is 9.97 Å². The SMILES string of the molecule is CCOc1ccc(Cc2cnc(SC)nc2NC)cc1. The Labute approximate surface area is 124 Å². The molecule has 106 valence electrons. The lowest BCUT2D eigenvalue weighted by molar-refractivity contribution is 0.340. The molecule has 0 aliphatic carbocycles. The van der Waals surface area contributed by atoms with Crippen LogP contribution in [0.1, 0.15) is 18.1 Å². The van der Waals surface area contributed by atoms with Crippen LogP contribution in [0.25, 0.3) is 0 Å². The topological polar surface area (TPSA) is 47.0 Å². The summed E-state index contributed by atoms with van der Waals surface area (Å²) in [6.07, 6.45) is 4.67. The Hall–Kier alpha value is -1.75. The zero-order valence-corrected chi connectivity index (χ0v) is 12.8. The standard InChI is InChI=1S/C15H19N3OS/c1-4-19-13-7-5-11(6-8-13)9-12-10-17-15(20-3)18-14(12)16-2/h5-8,10H,4,9H2,1-3H3,(H,16,17,18). The fourth-order valence-corrected chi connectivity index (χ4v) is 2.27. The molecule has 0 amide bonds. The summed E-state index contributed by atoms with van der Waals surface area (Å²) in [4.78, 5) is 8.80. The Morgan fingerprint density at radius 3 is 2.60 bits per heavy atom. The lowest BCUT2D eigenvalue weighted by Crippen LogP contribution is -2.02. The average Bonchev–Trinajstić information content (AvgIpc) is 2.50. The molecule has 0 aliphatic rings. The molecule has 1 heterocycles. The van der Waals surface area contributed by atoms with Gasteiger partial charge >= 0.3 is 0 Å². The fraction of sp³-hybridized carbons (Fsp3) is 0.333. The maximum atomic E-state index is 5.45. The molecule has 1 N–H and O–H groups in total. The molecule has 1 aromatic heterocycles. The molecule has 0 fully saturated rings. The zero-order valence-electron chi connectivity index (χ0n) is 12.0. The predicted molar refractivity (Wildman–Crippen MR) is 83.8 cm³/mol. The van der Waals surface area contributed by atoms with E-state index in [1.807, 2.05) is 38.6 Å². The highest BCUT2D eigenvalue weighted by atomic mass is 32.2. The highest BCUT2D eigenvalue weighted by Gasteiger charge is 2.06. The number of benzene rings is 1. The summed E-state index contributed by atoms with van der Waals surface area (Å²) in [7, 11) is 1.88. The molecule has 0 aliphatic heterocycles. The molecular formula is C15H19N3OS. The quantitative estimate of drug-likeness (QED) is 0.653. The Kier molecular flexibility index (Phi) is 5.24. The van der Waals surface area contributed by atoms with E-state index in [0.29, 0.717) is 6.61 Å². The summed E-state index contributed by atoms with van der Waals surface area (Å²) in [5.74, 6) is 1.79. The molecule has 0 radical (unpaired) electrons. The lowest BCUT2D eigenvalue weighted by Gasteiger charge is -2.09. The van der Waals surface area contributed by atoms with E-state index in [1.54, 1.807) is 11.8 Å². The zero-order chi connectivity index (χ0) is 14.4. The Bertz CT molecular complexity index is 558. The minimum Gasteiger partial charge on any atom is -0.494 e. The Morgan fingerprint density at radius 2 is 2.00 bits per heavy atom. The first-order valence-corrected chi connectivity index (χ1v) is 7.78. The molecule has 0 atom stereocenters. The van der Waals surface area contributed by atoms with Gasteiger partial charge in [0.25, 0.3) is 0 Å². The molecule has 0 unspecified atom stereocenters. The van der Waals surface area contributed by atoms with Crippen molar-refractivity contribution in [3.05, 3.63) is 41.6 Å². The molecule has 0 saturated carbocycles. The number of aromatic nitrogens is 2. The molecule has 2 rings (SSSR count). The minimum atomic E-state index is 0.688. The van der Waals surface area contributed by atoms with E-state index < -0.39 is 0 Å². The first-order valence-electron chi connectivity index (χ1n) is 6.56. The molecule has 20 heavy (non-hydrogen) atoms. The summed E-state index contributed by atoms with van der Waals surface area (Å²) in [6.45, 7) is 2.67. The second kappa shape index (κ2) is 7.14. The number of ether oxygens (including phenoxy) is 1. The molecule has 0 spiro atoms. The maximum Gasteiger partial charge on any atom is 0.189 e. The average molecular weight is 289 g/mol. The van der Waals surface area contributed by atoms with Gasteiger partial charge in [-0.05, 0) is 30.9 Å². The van der Waals surface area contributed by atoms with Gasteiger partial charge in [-0.3, -0.25) is 0 Å². The van der Waals surface area contributed by atoms with Gasteiger partial charge in [-0.1, -0.05) is 23.9 Å². The molecule has 4 nitrogen and oxygen atoms in total. The summed E-state index contributed by atoms with van der Waals surface area (Å²) in [5.41, 5.74) is 2.31. The van der Waals surface area contributed by atoms with Gasteiger partial charge in [0.1, 0.15) is 11.6 Å². The maximum absolute atomic E-state index is 5.45. The molecule has 1 aromatic carbocycles. The van der Waals surface area contributed by atoms with Gasteiger partial charge < -0.3 is 10.1 Å². The largest absolute Gasteiger partial charge is 0.494 e. The van der Waals surface area contributed by atoms with Gasteiger partial charge in [-0.2, -0.15) is 0 Å². The van der Waals surface area contributed by atoms with Crippen LogP contribution in [0.2, 0.25) is 0 Å². The molecule has 5 heteroatoms. The van der Waals surface area contributed by atoms with Crippen LogP contribution >= 0.6 is 11.8 Å². The smallest absolute Gasteiger partial charge is 0.189 e. The fourth-order valence-electron chi connectivity index (χ4n) is 1.92. The number of anilines is 1. The molecule has 0 bridgehead atoms. The number of nitrogens with one attached hydrogen (secondary N) is 1. The third kappa shape index (κ3) is 3.63. The van der Waals surface area contributed by atoms with E-state index >= 15 is 0 Å². The first-order chi connectivity index (χ1) is 9.76. The van der Waals surface area contributed by atoms with Crippen LogP contribution < -0.4 is 10.1 Å². The van der Waals surface area contributed by atoms with E-state index in [0.717, 1.165) is 28.7 Å². The van der Waals surface area contributed by atoms with Crippen molar-refractivity contribution in [2.24, 2.45) is 0 Å². The van der Waals surface area contributed by atoms with Gasteiger partial charge in [-0.15, -0.1) is 0 Å². The van der Waals surface area contributed by atoms with E-state index in [-0.39, 0.29) is 0 Å². The number of hydrogen-bond donors (Lipinski definition) is 1. The van der Waals surface area contributed by atoms with Gasteiger partial charge in [-0.25, -0.2) is 9.97 Å². The number of nitrogens with zero attached hydrogens (tertiary/aromatic N) is 2. The van der Waals surface area contributed by atoms with Crippen LogP contribution in [-0.2, 0) is 6.42 Å². The number of thioether (sulfide) groups is 1. The van der Waals surface area contributed by atoms with E-state index in [4.69, 9.17) is 4.74 Å². The first kappa shape index (κ1) is 14.7. The Balaban J connectivity index is 2.16. The monoisotopic (exact) mass is 289 g/mol. The third-order valence-electron chi connectivity index (χ3n) is 2.89. The van der Waals surface area contributed by atoms with Crippen molar-refractivity contribution in [3.63, 3.8) is 0 Å². The van der Waals surface area contributed by atoms with Crippen LogP contribution in [0.4, 0.5) is 5.82 Å². The lowest BCUT2D eigenvalue weighted by atomic mass is 10.1. The van der Waals surface area contributed by atoms with Gasteiger partial charge in [0.05, 0.1) is 6.61 Å². The summed E-state index contributed by atoms with van der Waals surface area (Å²) in [6, 6.07) is 8.14. The van der Waals surface area contributed by atoms with Gasteiger partial charge in [0.2, 0.25) is 0 Å². The molecule has 2 aromatic rings. The van der Waals surface area contributed by atoms with Crippen molar-refractivity contribution >= 4 is 17.6 Å². The number of hydrogen-bond acceptors (Lipinski definition) is 5. The highest BCUT2D eigenvalue weighted by Crippen LogP contribution is 2.20. The van der Waals surface area contributed by atoms with Crippen LogP contribution in [0.15, 0.2) is 35.6 Å². The van der Waals surface area contributed by atoms with Gasteiger partial charge in [0, 0.05) is 25.2 Å². The van der Waals surface area contributed by atoms with E-state index in [2.05, 4.69) is 27.4 Å². The van der Waals surface area contributed by atoms with E-state index in [9.17, 15) is 0 Å².